The van der Waals surface area contributed by atoms with Crippen molar-refractivity contribution in [2.24, 2.45) is 0 Å². The third-order valence-electron chi connectivity index (χ3n) is 4.24. The smallest absolute Gasteiger partial charge is 0.147 e. The van der Waals surface area contributed by atoms with Crippen molar-refractivity contribution < 1.29 is 0 Å². The molecule has 0 atom stereocenters. The molecule has 0 unspecified atom stereocenters. The molecule has 19 heavy (non-hydrogen) atoms. The van der Waals surface area contributed by atoms with Gasteiger partial charge in [-0.3, -0.25) is 4.98 Å². The van der Waals surface area contributed by atoms with Gasteiger partial charge < -0.3 is 10.2 Å². The zero-order chi connectivity index (χ0) is 13.1. The molecule has 1 N–H and O–H groups in total. The van der Waals surface area contributed by atoms with Crippen LogP contribution < -0.4 is 10.2 Å². The topological polar surface area (TPSA) is 41.1 Å². The van der Waals surface area contributed by atoms with Crippen LogP contribution in [-0.2, 0) is 6.54 Å². The van der Waals surface area contributed by atoms with Crippen LogP contribution in [0.4, 0.5) is 5.82 Å². The third kappa shape index (κ3) is 3.24. The molecular formula is C15H24N4. The fraction of sp³-hybridized carbons (Fsp3) is 0.733. The summed E-state index contributed by atoms with van der Waals surface area (Å²) in [6, 6.07) is 1.40. The fourth-order valence-electron chi connectivity index (χ4n) is 2.95. The fourth-order valence-corrected chi connectivity index (χ4v) is 2.95. The number of hydrogen-bond acceptors (Lipinski definition) is 4. The summed E-state index contributed by atoms with van der Waals surface area (Å²) in [5, 5.41) is 3.47. The van der Waals surface area contributed by atoms with Crippen molar-refractivity contribution in [2.45, 2.75) is 64.1 Å². The molecule has 2 fully saturated rings. The molecule has 4 heteroatoms. The van der Waals surface area contributed by atoms with Gasteiger partial charge in [0.2, 0.25) is 0 Å². The van der Waals surface area contributed by atoms with Gasteiger partial charge in [-0.15, -0.1) is 0 Å². The molecule has 2 saturated carbocycles. The average Bonchev–Trinajstić information content (AvgIpc) is 3.13. The van der Waals surface area contributed by atoms with Crippen LogP contribution in [0.2, 0.25) is 0 Å². The minimum absolute atomic E-state index is 0.676. The quantitative estimate of drug-likeness (QED) is 0.853. The number of anilines is 1. The SMILES string of the molecule is CCN(c1cnc(CNC2CC2)cn1)C1CCCC1. The molecule has 1 aromatic rings. The standard InChI is InChI=1S/C15H24N4/c1-2-19(14-5-3-4-6-14)15-11-17-13(10-18-15)9-16-12-7-8-12/h10-12,14,16H,2-9H2,1H3. The van der Waals surface area contributed by atoms with Gasteiger partial charge in [0.05, 0.1) is 18.1 Å². The second kappa shape index (κ2) is 5.87. The van der Waals surface area contributed by atoms with Crippen LogP contribution in [0.5, 0.6) is 0 Å². The van der Waals surface area contributed by atoms with Crippen LogP contribution in [0.25, 0.3) is 0 Å². The Morgan fingerprint density at radius 2 is 1.95 bits per heavy atom. The van der Waals surface area contributed by atoms with E-state index in [1.807, 2.05) is 12.4 Å². The summed E-state index contributed by atoms with van der Waals surface area (Å²) in [5.41, 5.74) is 1.05. The van der Waals surface area contributed by atoms with Crippen LogP contribution in [0.1, 0.15) is 51.1 Å². The number of nitrogens with one attached hydrogen (secondary N) is 1. The highest BCUT2D eigenvalue weighted by Crippen LogP contribution is 2.26. The second-order valence-electron chi connectivity index (χ2n) is 5.75. The van der Waals surface area contributed by atoms with Gasteiger partial charge >= 0.3 is 0 Å². The van der Waals surface area contributed by atoms with Gasteiger partial charge in [0.25, 0.3) is 0 Å². The maximum atomic E-state index is 4.62. The van der Waals surface area contributed by atoms with Crippen molar-refractivity contribution in [3.8, 4) is 0 Å². The summed E-state index contributed by atoms with van der Waals surface area (Å²) in [4.78, 5) is 11.6. The Morgan fingerprint density at radius 1 is 1.16 bits per heavy atom. The van der Waals surface area contributed by atoms with Crippen LogP contribution >= 0.6 is 0 Å². The van der Waals surface area contributed by atoms with Crippen molar-refractivity contribution in [2.75, 3.05) is 11.4 Å². The highest BCUT2D eigenvalue weighted by atomic mass is 15.2. The average molecular weight is 260 g/mol. The van der Waals surface area contributed by atoms with E-state index in [1.165, 1.54) is 38.5 Å². The van der Waals surface area contributed by atoms with E-state index in [4.69, 9.17) is 0 Å². The van der Waals surface area contributed by atoms with Gasteiger partial charge in [-0.2, -0.15) is 0 Å². The first-order valence-electron chi connectivity index (χ1n) is 7.67. The minimum atomic E-state index is 0.676. The molecule has 2 aliphatic rings. The molecule has 0 saturated heterocycles. The van der Waals surface area contributed by atoms with Gasteiger partial charge in [-0.25, -0.2) is 4.98 Å². The maximum absolute atomic E-state index is 4.62. The van der Waals surface area contributed by atoms with E-state index >= 15 is 0 Å². The number of hydrogen-bond donors (Lipinski definition) is 1. The monoisotopic (exact) mass is 260 g/mol. The minimum Gasteiger partial charge on any atom is -0.353 e. The summed E-state index contributed by atoms with van der Waals surface area (Å²) >= 11 is 0. The molecule has 0 spiro atoms. The summed E-state index contributed by atoms with van der Waals surface area (Å²) in [7, 11) is 0. The van der Waals surface area contributed by atoms with Gasteiger partial charge in [0.1, 0.15) is 5.82 Å². The lowest BCUT2D eigenvalue weighted by molar-refractivity contribution is 0.609. The van der Waals surface area contributed by atoms with E-state index < -0.39 is 0 Å². The zero-order valence-electron chi connectivity index (χ0n) is 11.8. The van der Waals surface area contributed by atoms with Crippen molar-refractivity contribution in [1.82, 2.24) is 15.3 Å². The van der Waals surface area contributed by atoms with Crippen LogP contribution in [0.15, 0.2) is 12.4 Å². The molecule has 1 aromatic heterocycles. The number of nitrogens with zero attached hydrogens (tertiary/aromatic N) is 3. The van der Waals surface area contributed by atoms with Crippen LogP contribution in [0, 0.1) is 0 Å². The Balaban J connectivity index is 1.62. The summed E-state index contributed by atoms with van der Waals surface area (Å²) < 4.78 is 0. The zero-order valence-corrected chi connectivity index (χ0v) is 11.8. The molecule has 0 amide bonds. The molecule has 0 aromatic carbocycles. The number of rotatable bonds is 6. The summed E-state index contributed by atoms with van der Waals surface area (Å²) in [5.74, 6) is 1.05. The molecular weight excluding hydrogens is 236 g/mol. The van der Waals surface area contributed by atoms with Crippen LogP contribution in [0.3, 0.4) is 0 Å². The van der Waals surface area contributed by atoms with E-state index in [9.17, 15) is 0 Å². The summed E-state index contributed by atoms with van der Waals surface area (Å²) in [6.45, 7) is 4.09. The Morgan fingerprint density at radius 3 is 2.53 bits per heavy atom. The normalized spacial score (nSPS) is 19.8. The van der Waals surface area contributed by atoms with Gasteiger partial charge in [0, 0.05) is 25.2 Å². The second-order valence-corrected chi connectivity index (χ2v) is 5.75. The van der Waals surface area contributed by atoms with E-state index in [1.54, 1.807) is 0 Å². The van der Waals surface area contributed by atoms with Crippen molar-refractivity contribution in [3.63, 3.8) is 0 Å². The van der Waals surface area contributed by atoms with Crippen molar-refractivity contribution in [1.29, 1.82) is 0 Å². The van der Waals surface area contributed by atoms with Crippen molar-refractivity contribution >= 4 is 5.82 Å². The Bertz CT molecular complexity index is 393. The van der Waals surface area contributed by atoms with Gasteiger partial charge in [-0.1, -0.05) is 12.8 Å². The van der Waals surface area contributed by atoms with E-state index in [-0.39, 0.29) is 0 Å². The maximum Gasteiger partial charge on any atom is 0.147 e. The predicted molar refractivity (Wildman–Crippen MR) is 77.2 cm³/mol. The van der Waals surface area contributed by atoms with E-state index in [0.717, 1.165) is 30.6 Å². The highest BCUT2D eigenvalue weighted by Gasteiger charge is 2.23. The lowest BCUT2D eigenvalue weighted by Crippen LogP contribution is -2.33. The van der Waals surface area contributed by atoms with Crippen LogP contribution in [-0.4, -0.2) is 28.6 Å². The molecule has 104 valence electrons. The molecule has 0 radical (unpaired) electrons. The molecule has 3 rings (SSSR count). The van der Waals surface area contributed by atoms with E-state index in [0.29, 0.717) is 6.04 Å². The van der Waals surface area contributed by atoms with Gasteiger partial charge in [0.15, 0.2) is 0 Å². The molecule has 0 aliphatic heterocycles. The van der Waals surface area contributed by atoms with Crippen molar-refractivity contribution in [3.05, 3.63) is 18.1 Å². The lowest BCUT2D eigenvalue weighted by Gasteiger charge is -2.28. The Kier molecular flexibility index (Phi) is 3.97. The highest BCUT2D eigenvalue weighted by molar-refractivity contribution is 5.37. The predicted octanol–water partition coefficient (Wildman–Crippen LogP) is 2.50. The lowest BCUT2D eigenvalue weighted by atomic mass is 10.2. The molecule has 1 heterocycles. The third-order valence-corrected chi connectivity index (χ3v) is 4.24. The summed E-state index contributed by atoms with van der Waals surface area (Å²) in [6.07, 6.45) is 11.8. The first kappa shape index (κ1) is 12.9. The number of aromatic nitrogens is 2. The molecule has 2 aliphatic carbocycles. The molecule has 4 nitrogen and oxygen atoms in total. The largest absolute Gasteiger partial charge is 0.353 e. The van der Waals surface area contributed by atoms with Gasteiger partial charge in [-0.05, 0) is 32.6 Å². The Labute approximate surface area is 115 Å². The Hall–Kier alpha value is -1.16. The van der Waals surface area contributed by atoms with E-state index in [2.05, 4.69) is 27.1 Å². The first-order chi connectivity index (χ1) is 9.36. The molecule has 0 bridgehead atoms. The first-order valence-corrected chi connectivity index (χ1v) is 7.67.